The molecule has 3 aromatic rings. The van der Waals surface area contributed by atoms with Crippen molar-refractivity contribution in [3.63, 3.8) is 0 Å². The summed E-state index contributed by atoms with van der Waals surface area (Å²) in [6.45, 7) is 2.06. The van der Waals surface area contributed by atoms with Crippen molar-refractivity contribution < 1.29 is 9.18 Å². The van der Waals surface area contributed by atoms with Gasteiger partial charge in [0.2, 0.25) is 5.91 Å². The molecular formula is C21H18ClFN2O2. The molecule has 0 bridgehead atoms. The number of hydrogen-bond acceptors (Lipinski definition) is 2. The van der Waals surface area contributed by atoms with Crippen molar-refractivity contribution >= 4 is 17.5 Å². The van der Waals surface area contributed by atoms with Crippen molar-refractivity contribution in [1.82, 2.24) is 9.88 Å². The minimum atomic E-state index is -0.442. The van der Waals surface area contributed by atoms with Crippen LogP contribution in [0, 0.1) is 5.82 Å². The molecule has 0 atom stereocenters. The predicted molar refractivity (Wildman–Crippen MR) is 104 cm³/mol. The molecule has 2 aromatic carbocycles. The van der Waals surface area contributed by atoms with E-state index in [4.69, 9.17) is 11.6 Å². The van der Waals surface area contributed by atoms with Crippen LogP contribution in [0.4, 0.5) is 4.39 Å². The van der Waals surface area contributed by atoms with E-state index in [1.165, 1.54) is 23.6 Å². The maximum absolute atomic E-state index is 14.0. The summed E-state index contributed by atoms with van der Waals surface area (Å²) in [4.78, 5) is 23.2. The van der Waals surface area contributed by atoms with Gasteiger partial charge >= 0.3 is 0 Å². The fraction of sp³-hybridized carbons (Fsp3) is 0.143. The van der Waals surface area contributed by atoms with E-state index in [0.717, 1.165) is 16.7 Å². The SMILES string of the molecule is CC(=O)NCc1ccc(-c2ccc(=O)n(Cc3ccc(Cl)cc3F)c2)cc1. The summed E-state index contributed by atoms with van der Waals surface area (Å²) in [5.74, 6) is -0.525. The zero-order valence-electron chi connectivity index (χ0n) is 14.7. The van der Waals surface area contributed by atoms with Crippen molar-refractivity contribution in [2.75, 3.05) is 0 Å². The molecule has 1 N–H and O–H groups in total. The number of aromatic nitrogens is 1. The maximum atomic E-state index is 14.0. The Morgan fingerprint density at radius 3 is 2.44 bits per heavy atom. The topological polar surface area (TPSA) is 51.1 Å². The summed E-state index contributed by atoms with van der Waals surface area (Å²) < 4.78 is 15.5. The number of benzene rings is 2. The molecule has 0 aliphatic heterocycles. The van der Waals surface area contributed by atoms with E-state index in [1.807, 2.05) is 24.3 Å². The maximum Gasteiger partial charge on any atom is 0.250 e. The molecule has 0 fully saturated rings. The average Bonchev–Trinajstić information content (AvgIpc) is 2.64. The van der Waals surface area contributed by atoms with Gasteiger partial charge in [0.15, 0.2) is 0 Å². The fourth-order valence-corrected chi connectivity index (χ4v) is 2.86. The molecule has 0 saturated heterocycles. The number of hydrogen-bond donors (Lipinski definition) is 1. The largest absolute Gasteiger partial charge is 0.352 e. The van der Waals surface area contributed by atoms with Crippen LogP contribution in [-0.2, 0) is 17.9 Å². The number of nitrogens with one attached hydrogen (secondary N) is 1. The number of nitrogens with zero attached hydrogens (tertiary/aromatic N) is 1. The molecule has 138 valence electrons. The molecule has 0 saturated carbocycles. The van der Waals surface area contributed by atoms with Gasteiger partial charge in [-0.3, -0.25) is 9.59 Å². The van der Waals surface area contributed by atoms with Gasteiger partial charge in [0.1, 0.15) is 5.82 Å². The van der Waals surface area contributed by atoms with Crippen LogP contribution in [0.5, 0.6) is 0 Å². The van der Waals surface area contributed by atoms with Gasteiger partial charge in [-0.25, -0.2) is 4.39 Å². The molecule has 4 nitrogen and oxygen atoms in total. The number of carbonyl (C=O) groups excluding carboxylic acids is 1. The minimum absolute atomic E-state index is 0.0828. The first-order chi connectivity index (χ1) is 12.9. The van der Waals surface area contributed by atoms with Crippen molar-refractivity contribution in [2.24, 2.45) is 0 Å². The van der Waals surface area contributed by atoms with Crippen LogP contribution in [0.3, 0.4) is 0 Å². The van der Waals surface area contributed by atoms with Gasteiger partial charge in [-0.15, -0.1) is 0 Å². The zero-order chi connectivity index (χ0) is 19.4. The highest BCUT2D eigenvalue weighted by molar-refractivity contribution is 6.30. The Morgan fingerprint density at radius 1 is 1.07 bits per heavy atom. The first kappa shape index (κ1) is 18.9. The quantitative estimate of drug-likeness (QED) is 0.723. The van der Waals surface area contributed by atoms with E-state index in [2.05, 4.69) is 5.32 Å². The van der Waals surface area contributed by atoms with E-state index in [1.54, 1.807) is 24.4 Å². The van der Waals surface area contributed by atoms with E-state index < -0.39 is 5.82 Å². The number of carbonyl (C=O) groups is 1. The van der Waals surface area contributed by atoms with Gasteiger partial charge in [0.25, 0.3) is 5.56 Å². The number of halogens is 2. The number of pyridine rings is 1. The Balaban J connectivity index is 1.84. The van der Waals surface area contributed by atoms with Crippen LogP contribution in [0.2, 0.25) is 5.02 Å². The second-order valence-electron chi connectivity index (χ2n) is 6.23. The lowest BCUT2D eigenvalue weighted by Crippen LogP contribution is -2.19. The summed E-state index contributed by atoms with van der Waals surface area (Å²) in [7, 11) is 0. The summed E-state index contributed by atoms with van der Waals surface area (Å²) in [5.41, 5.74) is 2.92. The molecule has 0 aliphatic rings. The fourth-order valence-electron chi connectivity index (χ4n) is 2.70. The van der Waals surface area contributed by atoms with E-state index >= 15 is 0 Å². The Bertz CT molecular complexity index is 1030. The molecule has 0 aliphatic carbocycles. The van der Waals surface area contributed by atoms with Crippen molar-refractivity contribution in [3.8, 4) is 11.1 Å². The summed E-state index contributed by atoms with van der Waals surface area (Å²) in [5, 5.41) is 3.06. The Hall–Kier alpha value is -2.92. The third-order valence-electron chi connectivity index (χ3n) is 4.17. The van der Waals surface area contributed by atoms with Gasteiger partial charge in [0, 0.05) is 36.3 Å². The smallest absolute Gasteiger partial charge is 0.250 e. The third-order valence-corrected chi connectivity index (χ3v) is 4.40. The molecule has 0 spiro atoms. The van der Waals surface area contributed by atoms with Crippen molar-refractivity contribution in [1.29, 1.82) is 0 Å². The van der Waals surface area contributed by atoms with Gasteiger partial charge in [-0.05, 0) is 34.9 Å². The summed E-state index contributed by atoms with van der Waals surface area (Å²) >= 11 is 5.78. The third kappa shape index (κ3) is 4.83. The number of amides is 1. The van der Waals surface area contributed by atoms with Crippen LogP contribution in [0.25, 0.3) is 11.1 Å². The van der Waals surface area contributed by atoms with Crippen LogP contribution >= 0.6 is 11.6 Å². The minimum Gasteiger partial charge on any atom is -0.352 e. The lowest BCUT2D eigenvalue weighted by molar-refractivity contribution is -0.119. The van der Waals surface area contributed by atoms with E-state index in [0.29, 0.717) is 17.1 Å². The molecule has 27 heavy (non-hydrogen) atoms. The van der Waals surface area contributed by atoms with Crippen LogP contribution in [0.1, 0.15) is 18.1 Å². The average molecular weight is 385 g/mol. The Morgan fingerprint density at radius 2 is 1.78 bits per heavy atom. The van der Waals surface area contributed by atoms with Gasteiger partial charge in [-0.2, -0.15) is 0 Å². The van der Waals surface area contributed by atoms with E-state index in [9.17, 15) is 14.0 Å². The zero-order valence-corrected chi connectivity index (χ0v) is 15.5. The second kappa shape index (κ2) is 8.18. The van der Waals surface area contributed by atoms with Crippen molar-refractivity contribution in [3.05, 3.63) is 93.1 Å². The molecule has 3 rings (SSSR count). The van der Waals surface area contributed by atoms with Crippen LogP contribution < -0.4 is 10.9 Å². The Labute approximate surface area is 161 Å². The molecule has 0 radical (unpaired) electrons. The normalized spacial score (nSPS) is 10.6. The molecule has 1 amide bonds. The van der Waals surface area contributed by atoms with Crippen molar-refractivity contribution in [2.45, 2.75) is 20.0 Å². The molecule has 0 unspecified atom stereocenters. The number of rotatable bonds is 5. The van der Waals surface area contributed by atoms with Crippen LogP contribution in [-0.4, -0.2) is 10.5 Å². The second-order valence-corrected chi connectivity index (χ2v) is 6.66. The predicted octanol–water partition coefficient (Wildman–Crippen LogP) is 3.99. The Kier molecular flexibility index (Phi) is 5.72. The summed E-state index contributed by atoms with van der Waals surface area (Å²) in [6.07, 6.45) is 1.71. The molecule has 6 heteroatoms. The van der Waals surface area contributed by atoms with E-state index in [-0.39, 0.29) is 18.0 Å². The highest BCUT2D eigenvalue weighted by Gasteiger charge is 2.07. The summed E-state index contributed by atoms with van der Waals surface area (Å²) in [6, 6.07) is 15.3. The van der Waals surface area contributed by atoms with Gasteiger partial charge in [0.05, 0.1) is 6.54 Å². The lowest BCUT2D eigenvalue weighted by Gasteiger charge is -2.10. The highest BCUT2D eigenvalue weighted by Crippen LogP contribution is 2.20. The highest BCUT2D eigenvalue weighted by atomic mass is 35.5. The van der Waals surface area contributed by atoms with Gasteiger partial charge < -0.3 is 9.88 Å². The molecule has 1 aromatic heterocycles. The van der Waals surface area contributed by atoms with Crippen LogP contribution in [0.15, 0.2) is 65.6 Å². The standard InChI is InChI=1S/C21H18ClFN2O2/c1-14(26)24-11-15-2-4-16(5-3-15)17-7-9-21(27)25(12-17)13-18-6-8-19(22)10-20(18)23/h2-10,12H,11,13H2,1H3,(H,24,26). The molecule has 1 heterocycles. The van der Waals surface area contributed by atoms with Gasteiger partial charge in [-0.1, -0.05) is 41.9 Å². The molecular weight excluding hydrogens is 367 g/mol. The first-order valence-electron chi connectivity index (χ1n) is 8.40. The monoisotopic (exact) mass is 384 g/mol. The lowest BCUT2D eigenvalue weighted by atomic mass is 10.1. The first-order valence-corrected chi connectivity index (χ1v) is 8.78.